The predicted octanol–water partition coefficient (Wildman–Crippen LogP) is 6.05. The zero-order valence-electron chi connectivity index (χ0n) is 8.03. The monoisotopic (exact) mass is 322 g/mol. The molecular weight excluding hydrogens is 319 g/mol. The second-order valence-electron chi connectivity index (χ2n) is 3.14. The smallest absolute Gasteiger partial charge is 0.170 e. The van der Waals surface area contributed by atoms with E-state index in [0.717, 1.165) is 23.7 Å². The molecule has 0 aliphatic rings. The Morgan fingerprint density at radius 1 is 1.06 bits per heavy atom. The first-order valence-electron chi connectivity index (χ1n) is 4.25. The van der Waals surface area contributed by atoms with Crippen molar-refractivity contribution in [2.24, 2.45) is 0 Å². The molecule has 1 unspecified atom stereocenters. The summed E-state index contributed by atoms with van der Waals surface area (Å²) in [4.78, 5) is 0. The van der Waals surface area contributed by atoms with Gasteiger partial charge < -0.3 is 0 Å². The summed E-state index contributed by atoms with van der Waals surface area (Å²) in [6, 6.07) is 2.23. The van der Waals surface area contributed by atoms with Gasteiger partial charge in [0, 0.05) is 5.54 Å². The number of alkyl halides is 3. The SMILES string of the molecule is FC(F)(F)C(/C=C/Cl)c1cc(Cl)c(Cl)c(Cl)c1. The highest BCUT2D eigenvalue weighted by Gasteiger charge is 2.39. The zero-order chi connectivity index (χ0) is 13.2. The van der Waals surface area contributed by atoms with Crippen LogP contribution >= 0.6 is 46.4 Å². The molecule has 0 heterocycles. The number of hydrogen-bond acceptors (Lipinski definition) is 0. The molecule has 0 spiro atoms. The van der Waals surface area contributed by atoms with E-state index in [2.05, 4.69) is 0 Å². The van der Waals surface area contributed by atoms with Crippen molar-refractivity contribution in [2.75, 3.05) is 0 Å². The summed E-state index contributed by atoms with van der Waals surface area (Å²) in [6.45, 7) is 0. The third-order valence-electron chi connectivity index (χ3n) is 1.98. The second-order valence-corrected chi connectivity index (χ2v) is 4.58. The van der Waals surface area contributed by atoms with Crippen LogP contribution in [0.15, 0.2) is 23.7 Å². The summed E-state index contributed by atoms with van der Waals surface area (Å²) in [6.07, 6.45) is -3.68. The molecule has 1 atom stereocenters. The van der Waals surface area contributed by atoms with Crippen LogP contribution in [0.3, 0.4) is 0 Å². The van der Waals surface area contributed by atoms with Crippen LogP contribution in [-0.4, -0.2) is 6.18 Å². The highest BCUT2D eigenvalue weighted by molar-refractivity contribution is 6.48. The van der Waals surface area contributed by atoms with Crippen molar-refractivity contribution in [3.05, 3.63) is 44.4 Å². The Bertz CT molecular complexity index is 417. The summed E-state index contributed by atoms with van der Waals surface area (Å²) < 4.78 is 38.2. The van der Waals surface area contributed by atoms with E-state index in [-0.39, 0.29) is 20.6 Å². The summed E-state index contributed by atoms with van der Waals surface area (Å²) >= 11 is 22.2. The fraction of sp³-hybridized carbons (Fsp3) is 0.200. The van der Waals surface area contributed by atoms with Gasteiger partial charge in [0.15, 0.2) is 0 Å². The Morgan fingerprint density at radius 2 is 1.53 bits per heavy atom. The van der Waals surface area contributed by atoms with E-state index >= 15 is 0 Å². The van der Waals surface area contributed by atoms with Crippen molar-refractivity contribution < 1.29 is 13.2 Å². The molecule has 1 rings (SSSR count). The highest BCUT2D eigenvalue weighted by atomic mass is 35.5. The Hall–Kier alpha value is -0.0900. The van der Waals surface area contributed by atoms with Crippen LogP contribution in [-0.2, 0) is 0 Å². The van der Waals surface area contributed by atoms with Crippen LogP contribution < -0.4 is 0 Å². The summed E-state index contributed by atoms with van der Waals surface area (Å²) in [5.41, 5.74) is 0.683. The molecule has 0 bridgehead atoms. The lowest BCUT2D eigenvalue weighted by Crippen LogP contribution is -2.18. The lowest BCUT2D eigenvalue weighted by atomic mass is 9.99. The molecule has 0 saturated heterocycles. The van der Waals surface area contributed by atoms with E-state index in [9.17, 15) is 13.2 Å². The molecular formula is C10H5Cl4F3. The van der Waals surface area contributed by atoms with Gasteiger partial charge in [0.25, 0.3) is 0 Å². The zero-order valence-corrected chi connectivity index (χ0v) is 11.1. The lowest BCUT2D eigenvalue weighted by Gasteiger charge is -2.18. The van der Waals surface area contributed by atoms with Crippen molar-refractivity contribution in [2.45, 2.75) is 12.1 Å². The molecule has 94 valence electrons. The van der Waals surface area contributed by atoms with Crippen LogP contribution in [0.4, 0.5) is 13.2 Å². The largest absolute Gasteiger partial charge is 0.399 e. The van der Waals surface area contributed by atoms with Crippen LogP contribution in [0, 0.1) is 0 Å². The maximum atomic E-state index is 12.7. The molecule has 0 N–H and O–H groups in total. The maximum Gasteiger partial charge on any atom is 0.399 e. The van der Waals surface area contributed by atoms with E-state index < -0.39 is 12.1 Å². The number of halogens is 7. The lowest BCUT2D eigenvalue weighted by molar-refractivity contribution is -0.139. The number of hydrogen-bond donors (Lipinski definition) is 0. The first kappa shape index (κ1) is 15.0. The maximum absolute atomic E-state index is 12.7. The van der Waals surface area contributed by atoms with Crippen LogP contribution in [0.5, 0.6) is 0 Å². The molecule has 0 saturated carbocycles. The Kier molecular flexibility index (Phi) is 5.02. The number of benzene rings is 1. The van der Waals surface area contributed by atoms with E-state index in [0.29, 0.717) is 0 Å². The highest BCUT2D eigenvalue weighted by Crippen LogP contribution is 2.40. The van der Waals surface area contributed by atoms with E-state index in [1.165, 1.54) is 0 Å². The summed E-state index contributed by atoms with van der Waals surface area (Å²) in [5.74, 6) is -1.87. The van der Waals surface area contributed by atoms with Gasteiger partial charge >= 0.3 is 6.18 Å². The Labute approximate surface area is 116 Å². The van der Waals surface area contributed by atoms with E-state index in [1.807, 2.05) is 0 Å². The molecule has 1 aromatic carbocycles. The van der Waals surface area contributed by atoms with Crippen molar-refractivity contribution >= 4 is 46.4 Å². The Morgan fingerprint density at radius 3 is 1.88 bits per heavy atom. The average Bonchev–Trinajstić information content (AvgIpc) is 2.20. The van der Waals surface area contributed by atoms with Crippen molar-refractivity contribution in [1.82, 2.24) is 0 Å². The molecule has 1 aromatic rings. The van der Waals surface area contributed by atoms with Crippen LogP contribution in [0.25, 0.3) is 0 Å². The number of allylic oxidation sites excluding steroid dienone is 1. The topological polar surface area (TPSA) is 0 Å². The van der Waals surface area contributed by atoms with Gasteiger partial charge in [0.1, 0.15) is 0 Å². The van der Waals surface area contributed by atoms with Crippen LogP contribution in [0.2, 0.25) is 15.1 Å². The fourth-order valence-corrected chi connectivity index (χ4v) is 2.00. The Balaban J connectivity index is 3.30. The summed E-state index contributed by atoms with van der Waals surface area (Å²) in [7, 11) is 0. The minimum absolute atomic E-state index is 0.0212. The second kappa shape index (κ2) is 5.70. The van der Waals surface area contributed by atoms with E-state index in [1.54, 1.807) is 0 Å². The molecule has 0 radical (unpaired) electrons. The van der Waals surface area contributed by atoms with Gasteiger partial charge in [0.2, 0.25) is 0 Å². The van der Waals surface area contributed by atoms with Crippen molar-refractivity contribution in [3.63, 3.8) is 0 Å². The molecule has 0 amide bonds. The fourth-order valence-electron chi connectivity index (χ4n) is 1.24. The van der Waals surface area contributed by atoms with Gasteiger partial charge in [-0.05, 0) is 17.7 Å². The molecule has 0 nitrogen and oxygen atoms in total. The van der Waals surface area contributed by atoms with Gasteiger partial charge in [-0.15, -0.1) is 0 Å². The third-order valence-corrected chi connectivity index (χ3v) is 3.33. The first-order valence-corrected chi connectivity index (χ1v) is 5.82. The van der Waals surface area contributed by atoms with Gasteiger partial charge in [-0.2, -0.15) is 13.2 Å². The number of rotatable bonds is 2. The van der Waals surface area contributed by atoms with Gasteiger partial charge in [-0.3, -0.25) is 0 Å². The van der Waals surface area contributed by atoms with Crippen LogP contribution in [0.1, 0.15) is 11.5 Å². The first-order chi connectivity index (χ1) is 7.77. The predicted molar refractivity (Wildman–Crippen MR) is 65.3 cm³/mol. The van der Waals surface area contributed by atoms with Crippen molar-refractivity contribution in [1.29, 1.82) is 0 Å². The molecule has 17 heavy (non-hydrogen) atoms. The molecule has 0 aliphatic heterocycles. The van der Waals surface area contributed by atoms with Gasteiger partial charge in [-0.25, -0.2) is 0 Å². The normalized spacial score (nSPS) is 14.3. The molecule has 7 heteroatoms. The minimum Gasteiger partial charge on any atom is -0.170 e. The minimum atomic E-state index is -4.48. The molecule has 0 aromatic heterocycles. The molecule has 0 fully saturated rings. The van der Waals surface area contributed by atoms with Gasteiger partial charge in [0.05, 0.1) is 21.0 Å². The summed E-state index contributed by atoms with van der Waals surface area (Å²) in [5, 5.41) is -0.0503. The third kappa shape index (κ3) is 3.68. The molecule has 0 aliphatic carbocycles. The van der Waals surface area contributed by atoms with E-state index in [4.69, 9.17) is 46.4 Å². The van der Waals surface area contributed by atoms with Gasteiger partial charge in [-0.1, -0.05) is 52.5 Å². The van der Waals surface area contributed by atoms with Crippen molar-refractivity contribution in [3.8, 4) is 0 Å². The quantitative estimate of drug-likeness (QED) is 0.581. The standard InChI is InChI=1S/C10H5Cl4F3/c11-2-1-6(10(15,16)17)5-3-7(12)9(14)8(13)4-5/h1-4,6H/b2-1+. The average molecular weight is 324 g/mol.